The largest absolute Gasteiger partial charge is 0.247 e. The van der Waals surface area contributed by atoms with E-state index >= 15 is 0 Å². The third kappa shape index (κ3) is 0.646. The van der Waals surface area contributed by atoms with Crippen molar-refractivity contribution in [2.45, 2.75) is 25.4 Å². The second-order valence-corrected chi connectivity index (χ2v) is 4.28. The summed E-state index contributed by atoms with van der Waals surface area (Å²) in [6.07, 6.45) is 7.35. The lowest BCUT2D eigenvalue weighted by atomic mass is 9.85. The minimum Gasteiger partial charge on any atom is -0.247 e. The van der Waals surface area contributed by atoms with E-state index in [-0.39, 0.29) is 0 Å². The van der Waals surface area contributed by atoms with Gasteiger partial charge in [-0.05, 0) is 42.9 Å². The Morgan fingerprint density at radius 1 is 1.09 bits per heavy atom. The van der Waals surface area contributed by atoms with Crippen LogP contribution in [0.15, 0.2) is 12.2 Å². The summed E-state index contributed by atoms with van der Waals surface area (Å²) in [5.41, 5.74) is 0. The number of allylic oxidation sites excluding steroid dienone is 2. The summed E-state index contributed by atoms with van der Waals surface area (Å²) in [6, 6.07) is 0. The average Bonchev–Trinajstić information content (AvgIpc) is 2.60. The van der Waals surface area contributed by atoms with Gasteiger partial charge in [0, 0.05) is 0 Å². The second-order valence-electron chi connectivity index (χ2n) is 4.28. The molecule has 2 fully saturated rings. The first-order valence-electron chi connectivity index (χ1n) is 4.68. The van der Waals surface area contributed by atoms with Gasteiger partial charge < -0.3 is 0 Å². The zero-order valence-electron chi connectivity index (χ0n) is 6.54. The highest BCUT2D eigenvalue weighted by molar-refractivity contribution is 5.16. The van der Waals surface area contributed by atoms with E-state index < -0.39 is 6.17 Å². The van der Waals surface area contributed by atoms with E-state index in [9.17, 15) is 4.39 Å². The standard InChI is InChI=1S/C10H13F/c11-9-4-3-8-6-1-2-7(5-6)10(8)9/h1-2,6-10H,3-5H2. The fraction of sp³-hybridized carbons (Fsp3) is 0.800. The van der Waals surface area contributed by atoms with E-state index in [1.165, 1.54) is 6.42 Å². The van der Waals surface area contributed by atoms with Crippen LogP contribution in [0, 0.1) is 23.7 Å². The summed E-state index contributed by atoms with van der Waals surface area (Å²) in [7, 11) is 0. The third-order valence-electron chi connectivity index (χ3n) is 3.88. The summed E-state index contributed by atoms with van der Waals surface area (Å²) in [5.74, 6) is 2.51. The third-order valence-corrected chi connectivity index (χ3v) is 3.88. The normalized spacial score (nSPS) is 58.8. The lowest BCUT2D eigenvalue weighted by Crippen LogP contribution is -2.19. The lowest BCUT2D eigenvalue weighted by molar-refractivity contribution is 0.214. The van der Waals surface area contributed by atoms with Crippen LogP contribution in [-0.2, 0) is 0 Å². The summed E-state index contributed by atoms with van der Waals surface area (Å²) in [4.78, 5) is 0. The molecule has 0 N–H and O–H groups in total. The van der Waals surface area contributed by atoms with Crippen molar-refractivity contribution < 1.29 is 4.39 Å². The molecule has 0 radical (unpaired) electrons. The highest BCUT2D eigenvalue weighted by Crippen LogP contribution is 2.56. The van der Waals surface area contributed by atoms with Gasteiger partial charge in [-0.3, -0.25) is 0 Å². The molecule has 1 heteroatoms. The van der Waals surface area contributed by atoms with Crippen molar-refractivity contribution in [1.82, 2.24) is 0 Å². The van der Waals surface area contributed by atoms with Crippen molar-refractivity contribution >= 4 is 0 Å². The maximum absolute atomic E-state index is 13.3. The zero-order chi connectivity index (χ0) is 7.42. The van der Waals surface area contributed by atoms with Crippen molar-refractivity contribution in [2.75, 3.05) is 0 Å². The van der Waals surface area contributed by atoms with Crippen LogP contribution >= 0.6 is 0 Å². The van der Waals surface area contributed by atoms with E-state index in [0.29, 0.717) is 11.8 Å². The number of rotatable bonds is 0. The Morgan fingerprint density at radius 3 is 2.73 bits per heavy atom. The summed E-state index contributed by atoms with van der Waals surface area (Å²) < 4.78 is 13.3. The van der Waals surface area contributed by atoms with Crippen LogP contribution in [0.1, 0.15) is 19.3 Å². The van der Waals surface area contributed by atoms with Crippen LogP contribution in [0.25, 0.3) is 0 Å². The second kappa shape index (κ2) is 1.88. The smallest absolute Gasteiger partial charge is 0.104 e. The quantitative estimate of drug-likeness (QED) is 0.468. The molecular formula is C10H13F. The van der Waals surface area contributed by atoms with Crippen LogP contribution < -0.4 is 0 Å². The monoisotopic (exact) mass is 152 g/mol. The summed E-state index contributed by atoms with van der Waals surface area (Å²) in [6.45, 7) is 0. The molecule has 5 atom stereocenters. The van der Waals surface area contributed by atoms with E-state index in [2.05, 4.69) is 12.2 Å². The molecule has 5 unspecified atom stereocenters. The number of halogens is 1. The summed E-state index contributed by atoms with van der Waals surface area (Å²) >= 11 is 0. The van der Waals surface area contributed by atoms with Crippen LogP contribution in [0.4, 0.5) is 4.39 Å². The van der Waals surface area contributed by atoms with Crippen molar-refractivity contribution in [3.63, 3.8) is 0 Å². The number of alkyl halides is 1. The minimum atomic E-state index is -0.472. The Balaban J connectivity index is 1.97. The SMILES string of the molecule is FC1CCC2C3C=CC(C3)C12. The van der Waals surface area contributed by atoms with Gasteiger partial charge in [0.15, 0.2) is 0 Å². The summed E-state index contributed by atoms with van der Waals surface area (Å²) in [5, 5.41) is 0. The Bertz CT molecular complexity index is 209. The number of fused-ring (bicyclic) bond motifs is 5. The Morgan fingerprint density at radius 2 is 1.91 bits per heavy atom. The first-order valence-corrected chi connectivity index (χ1v) is 4.68. The maximum Gasteiger partial charge on any atom is 0.104 e. The molecule has 3 rings (SSSR count). The van der Waals surface area contributed by atoms with Gasteiger partial charge in [-0.1, -0.05) is 12.2 Å². The molecule has 0 saturated heterocycles. The molecule has 0 aromatic rings. The van der Waals surface area contributed by atoms with Crippen LogP contribution in [0.2, 0.25) is 0 Å². The van der Waals surface area contributed by atoms with E-state index in [1.54, 1.807) is 0 Å². The Labute approximate surface area is 66.5 Å². The van der Waals surface area contributed by atoms with Crippen molar-refractivity contribution in [2.24, 2.45) is 23.7 Å². The fourth-order valence-corrected chi connectivity index (χ4v) is 3.45. The van der Waals surface area contributed by atoms with Gasteiger partial charge in [-0.2, -0.15) is 0 Å². The number of hydrogen-bond donors (Lipinski definition) is 0. The topological polar surface area (TPSA) is 0 Å². The first kappa shape index (κ1) is 6.22. The molecule has 0 aromatic heterocycles. The molecule has 0 nitrogen and oxygen atoms in total. The van der Waals surface area contributed by atoms with Gasteiger partial charge in [0.1, 0.15) is 6.17 Å². The van der Waals surface area contributed by atoms with Crippen LogP contribution in [0.5, 0.6) is 0 Å². The average molecular weight is 152 g/mol. The molecule has 0 aromatic carbocycles. The van der Waals surface area contributed by atoms with Gasteiger partial charge in [0.2, 0.25) is 0 Å². The highest BCUT2D eigenvalue weighted by atomic mass is 19.1. The molecule has 11 heavy (non-hydrogen) atoms. The van der Waals surface area contributed by atoms with Gasteiger partial charge in [-0.15, -0.1) is 0 Å². The molecular weight excluding hydrogens is 139 g/mol. The first-order chi connectivity index (χ1) is 5.36. The van der Waals surface area contributed by atoms with Crippen molar-refractivity contribution in [3.05, 3.63) is 12.2 Å². The van der Waals surface area contributed by atoms with Gasteiger partial charge >= 0.3 is 0 Å². The molecule has 0 amide bonds. The van der Waals surface area contributed by atoms with E-state index in [4.69, 9.17) is 0 Å². The van der Waals surface area contributed by atoms with Gasteiger partial charge in [0.25, 0.3) is 0 Å². The Kier molecular flexibility index (Phi) is 1.06. The molecule has 60 valence electrons. The molecule has 3 aliphatic rings. The number of hydrogen-bond acceptors (Lipinski definition) is 0. The predicted molar refractivity (Wildman–Crippen MR) is 41.8 cm³/mol. The van der Waals surface area contributed by atoms with E-state index in [0.717, 1.165) is 24.7 Å². The highest BCUT2D eigenvalue weighted by Gasteiger charge is 2.51. The molecule has 2 bridgehead atoms. The van der Waals surface area contributed by atoms with Crippen molar-refractivity contribution in [3.8, 4) is 0 Å². The molecule has 0 heterocycles. The molecule has 0 aliphatic heterocycles. The maximum atomic E-state index is 13.3. The predicted octanol–water partition coefficient (Wildman–Crippen LogP) is 2.56. The molecule has 2 saturated carbocycles. The molecule has 0 spiro atoms. The van der Waals surface area contributed by atoms with Crippen LogP contribution in [0.3, 0.4) is 0 Å². The minimum absolute atomic E-state index is 0.421. The lowest BCUT2D eigenvalue weighted by Gasteiger charge is -2.21. The van der Waals surface area contributed by atoms with E-state index in [1.807, 2.05) is 0 Å². The van der Waals surface area contributed by atoms with Gasteiger partial charge in [0.05, 0.1) is 0 Å². The fourth-order valence-electron chi connectivity index (χ4n) is 3.45. The zero-order valence-corrected chi connectivity index (χ0v) is 6.54. The van der Waals surface area contributed by atoms with Crippen LogP contribution in [-0.4, -0.2) is 6.17 Å². The van der Waals surface area contributed by atoms with Gasteiger partial charge in [-0.25, -0.2) is 4.39 Å². The van der Waals surface area contributed by atoms with Crippen molar-refractivity contribution in [1.29, 1.82) is 0 Å². The molecule has 3 aliphatic carbocycles. The Hall–Kier alpha value is -0.330.